The Morgan fingerprint density at radius 2 is 1.92 bits per heavy atom. The largest absolute Gasteiger partial charge is 0.494 e. The van der Waals surface area contributed by atoms with Crippen molar-refractivity contribution >= 4 is 17.4 Å². The third-order valence-corrected chi connectivity index (χ3v) is 5.68. The molecule has 1 saturated carbocycles. The second-order valence-electron chi connectivity index (χ2n) is 7.05. The number of benzene rings is 2. The van der Waals surface area contributed by atoms with Crippen molar-refractivity contribution in [2.45, 2.75) is 37.9 Å². The highest BCUT2D eigenvalue weighted by Gasteiger charge is 2.34. The lowest BCUT2D eigenvalue weighted by Crippen LogP contribution is -2.48. The number of aliphatic imine (C=N–C) groups is 1. The Balaban J connectivity index is 1.49. The van der Waals surface area contributed by atoms with Crippen LogP contribution in [0.4, 0.5) is 4.39 Å². The predicted octanol–water partition coefficient (Wildman–Crippen LogP) is 4.49. The molecule has 5 heteroatoms. The van der Waals surface area contributed by atoms with Crippen LogP contribution in [0, 0.1) is 5.82 Å². The summed E-state index contributed by atoms with van der Waals surface area (Å²) in [6, 6.07) is 12.6. The molecular formula is C21H21FN2OS. The summed E-state index contributed by atoms with van der Waals surface area (Å²) in [5.74, 6) is -0.0495. The van der Waals surface area contributed by atoms with Gasteiger partial charge in [-0.15, -0.1) is 0 Å². The Morgan fingerprint density at radius 1 is 1.15 bits per heavy atom. The van der Waals surface area contributed by atoms with Crippen molar-refractivity contribution in [1.82, 2.24) is 4.90 Å². The summed E-state index contributed by atoms with van der Waals surface area (Å²) in [5.41, 5.74) is 4.67. The average Bonchev–Trinajstić information content (AvgIpc) is 2.63. The Morgan fingerprint density at radius 3 is 2.65 bits per heavy atom. The average molecular weight is 368 g/mol. The van der Waals surface area contributed by atoms with E-state index >= 15 is 0 Å². The van der Waals surface area contributed by atoms with Gasteiger partial charge in [-0.2, -0.15) is 0 Å². The normalized spacial score (nSPS) is 22.1. The first-order valence-corrected chi connectivity index (χ1v) is 9.35. The van der Waals surface area contributed by atoms with Gasteiger partial charge in [-0.1, -0.05) is 24.3 Å². The molecular weight excluding hydrogens is 347 g/mol. The molecule has 0 saturated heterocycles. The number of rotatable bonds is 4. The lowest BCUT2D eigenvalue weighted by Gasteiger charge is -2.43. The molecule has 0 amide bonds. The molecule has 0 bridgehead atoms. The molecule has 0 atom stereocenters. The van der Waals surface area contributed by atoms with Crippen molar-refractivity contribution in [3.63, 3.8) is 0 Å². The molecule has 0 aromatic heterocycles. The zero-order valence-electron chi connectivity index (χ0n) is 14.7. The van der Waals surface area contributed by atoms with E-state index in [2.05, 4.69) is 45.5 Å². The molecule has 26 heavy (non-hydrogen) atoms. The highest BCUT2D eigenvalue weighted by atomic mass is 32.1. The van der Waals surface area contributed by atoms with Crippen LogP contribution < -0.4 is 4.74 Å². The van der Waals surface area contributed by atoms with Crippen LogP contribution in [0.2, 0.25) is 0 Å². The van der Waals surface area contributed by atoms with E-state index in [0.717, 1.165) is 43.5 Å². The number of isothiocyanates is 1. The van der Waals surface area contributed by atoms with Crippen molar-refractivity contribution in [3.05, 3.63) is 53.3 Å². The first-order chi connectivity index (χ1) is 12.7. The summed E-state index contributed by atoms with van der Waals surface area (Å²) in [6.45, 7) is 2.04. The number of hydrogen-bond donors (Lipinski definition) is 0. The van der Waals surface area contributed by atoms with Crippen molar-refractivity contribution in [2.24, 2.45) is 4.99 Å². The van der Waals surface area contributed by atoms with Crippen LogP contribution in [0.5, 0.6) is 5.75 Å². The van der Waals surface area contributed by atoms with Gasteiger partial charge in [-0.05, 0) is 65.9 Å². The molecule has 2 aliphatic rings. The van der Waals surface area contributed by atoms with E-state index in [0.29, 0.717) is 12.1 Å². The molecule has 2 aromatic carbocycles. The molecule has 2 aromatic rings. The van der Waals surface area contributed by atoms with Crippen molar-refractivity contribution in [3.8, 4) is 16.9 Å². The third kappa shape index (κ3) is 3.30. The number of thiocarbonyl (C=S) groups is 1. The lowest BCUT2D eigenvalue weighted by molar-refractivity contribution is 0.0986. The molecule has 1 fully saturated rings. The van der Waals surface area contributed by atoms with E-state index in [1.165, 1.54) is 18.2 Å². The van der Waals surface area contributed by atoms with E-state index < -0.39 is 0 Å². The van der Waals surface area contributed by atoms with Crippen LogP contribution in [-0.2, 0) is 13.0 Å². The van der Waals surface area contributed by atoms with Gasteiger partial charge in [0.2, 0.25) is 0 Å². The van der Waals surface area contributed by atoms with Gasteiger partial charge in [-0.3, -0.25) is 4.90 Å². The van der Waals surface area contributed by atoms with Crippen molar-refractivity contribution < 1.29 is 9.13 Å². The summed E-state index contributed by atoms with van der Waals surface area (Å²) in [4.78, 5) is 6.73. The van der Waals surface area contributed by atoms with Gasteiger partial charge >= 0.3 is 0 Å². The molecule has 0 N–H and O–H groups in total. The Hall–Kier alpha value is -2.07. The van der Waals surface area contributed by atoms with Crippen LogP contribution in [0.25, 0.3) is 11.1 Å². The van der Waals surface area contributed by atoms with Crippen molar-refractivity contribution in [2.75, 3.05) is 13.7 Å². The van der Waals surface area contributed by atoms with Crippen LogP contribution in [0.3, 0.4) is 0 Å². The molecule has 4 rings (SSSR count). The van der Waals surface area contributed by atoms with Gasteiger partial charge in [-0.25, -0.2) is 9.38 Å². The quantitative estimate of drug-likeness (QED) is 0.587. The molecule has 1 aliphatic carbocycles. The topological polar surface area (TPSA) is 24.8 Å². The van der Waals surface area contributed by atoms with Gasteiger partial charge in [0.05, 0.1) is 18.3 Å². The number of hydrogen-bond acceptors (Lipinski definition) is 4. The molecule has 1 heterocycles. The van der Waals surface area contributed by atoms with Crippen LogP contribution >= 0.6 is 12.2 Å². The Kier molecular flexibility index (Phi) is 4.86. The van der Waals surface area contributed by atoms with E-state index in [1.807, 2.05) is 6.07 Å². The fourth-order valence-electron chi connectivity index (χ4n) is 3.95. The van der Waals surface area contributed by atoms with Gasteiger partial charge < -0.3 is 4.74 Å². The Bertz CT molecular complexity index is 872. The Labute approximate surface area is 158 Å². The molecule has 0 radical (unpaired) electrons. The maximum Gasteiger partial charge on any atom is 0.165 e. The van der Waals surface area contributed by atoms with Gasteiger partial charge in [0, 0.05) is 19.1 Å². The fourth-order valence-corrected chi connectivity index (χ4v) is 4.10. The van der Waals surface area contributed by atoms with Gasteiger partial charge in [0.15, 0.2) is 11.6 Å². The van der Waals surface area contributed by atoms with E-state index in [9.17, 15) is 4.39 Å². The highest BCUT2D eigenvalue weighted by Crippen LogP contribution is 2.34. The molecule has 1 aliphatic heterocycles. The maximum atomic E-state index is 14.0. The zero-order chi connectivity index (χ0) is 18.1. The van der Waals surface area contributed by atoms with Gasteiger partial charge in [0.1, 0.15) is 0 Å². The fraction of sp³-hybridized carbons (Fsp3) is 0.381. The minimum atomic E-state index is -0.326. The van der Waals surface area contributed by atoms with E-state index in [4.69, 9.17) is 4.74 Å². The molecule has 3 nitrogen and oxygen atoms in total. The number of fused-ring (bicyclic) bond motifs is 1. The summed E-state index contributed by atoms with van der Waals surface area (Å²) in [6.07, 6.45) is 3.20. The monoisotopic (exact) mass is 368 g/mol. The van der Waals surface area contributed by atoms with Crippen LogP contribution in [0.1, 0.15) is 24.0 Å². The van der Waals surface area contributed by atoms with Crippen molar-refractivity contribution in [1.29, 1.82) is 0 Å². The highest BCUT2D eigenvalue weighted by molar-refractivity contribution is 7.78. The minimum absolute atomic E-state index is 0.277. The summed E-state index contributed by atoms with van der Waals surface area (Å²) >= 11 is 4.69. The van der Waals surface area contributed by atoms with E-state index in [1.54, 1.807) is 12.1 Å². The SMILES string of the molecule is COc1ccc(-c2ccc3c(c2)CCN(C2CC(N=C=S)C2)C3)cc1F. The lowest BCUT2D eigenvalue weighted by atomic mass is 9.84. The number of nitrogens with zero attached hydrogens (tertiary/aromatic N) is 2. The van der Waals surface area contributed by atoms with Gasteiger partial charge in [0.25, 0.3) is 0 Å². The first-order valence-electron chi connectivity index (χ1n) is 8.94. The standard InChI is InChI=1S/C21H21FN2OS/c1-25-21-5-4-15(9-20(21)22)14-2-3-17-12-24(7-6-16(17)8-14)19-10-18(11-19)23-13-26/h2-5,8-9,18-19H,6-7,10-12H2,1H3. The number of halogens is 1. The van der Waals surface area contributed by atoms with Crippen LogP contribution in [0.15, 0.2) is 41.4 Å². The van der Waals surface area contributed by atoms with Crippen LogP contribution in [-0.4, -0.2) is 35.8 Å². The number of ether oxygens (including phenoxy) is 1. The summed E-state index contributed by atoms with van der Waals surface area (Å²) in [5, 5.41) is 2.50. The smallest absolute Gasteiger partial charge is 0.165 e. The molecule has 0 unspecified atom stereocenters. The zero-order valence-corrected chi connectivity index (χ0v) is 15.6. The predicted molar refractivity (Wildman–Crippen MR) is 104 cm³/mol. The second-order valence-corrected chi connectivity index (χ2v) is 7.24. The minimum Gasteiger partial charge on any atom is -0.494 e. The number of methoxy groups -OCH3 is 1. The first kappa shape index (κ1) is 17.3. The summed E-state index contributed by atoms with van der Waals surface area (Å²) in [7, 11) is 1.48. The summed E-state index contributed by atoms with van der Waals surface area (Å²) < 4.78 is 19.0. The third-order valence-electron chi connectivity index (χ3n) is 5.57. The maximum absolute atomic E-state index is 14.0. The van der Waals surface area contributed by atoms with E-state index in [-0.39, 0.29) is 11.6 Å². The molecule has 134 valence electrons. The molecule has 0 spiro atoms. The second kappa shape index (κ2) is 7.28.